The summed E-state index contributed by atoms with van der Waals surface area (Å²) in [7, 11) is 1.68. The molecule has 0 aliphatic rings. The molecule has 116 valence electrons. The van der Waals surface area contributed by atoms with Crippen LogP contribution in [0, 0.1) is 0 Å². The van der Waals surface area contributed by atoms with E-state index in [1.165, 1.54) is 6.33 Å². The van der Waals surface area contributed by atoms with Gasteiger partial charge in [0.1, 0.15) is 18.0 Å². The Kier molecular flexibility index (Phi) is 5.85. The maximum Gasteiger partial charge on any atom is 0.159 e. The van der Waals surface area contributed by atoms with Crippen molar-refractivity contribution >= 4 is 23.1 Å². The average molecular weight is 300 g/mol. The van der Waals surface area contributed by atoms with Gasteiger partial charge < -0.3 is 15.4 Å². The second-order valence-electron chi connectivity index (χ2n) is 4.82. The number of aromatic nitrogens is 2. The van der Waals surface area contributed by atoms with Gasteiger partial charge in [0.25, 0.3) is 0 Å². The summed E-state index contributed by atoms with van der Waals surface area (Å²) in [5, 5.41) is 6.40. The van der Waals surface area contributed by atoms with Crippen LogP contribution in [0.5, 0.6) is 0 Å². The maximum absolute atomic E-state index is 11.2. The van der Waals surface area contributed by atoms with Gasteiger partial charge in [-0.2, -0.15) is 0 Å². The number of benzene rings is 1. The van der Waals surface area contributed by atoms with E-state index in [9.17, 15) is 4.79 Å². The van der Waals surface area contributed by atoms with Gasteiger partial charge in [-0.3, -0.25) is 4.79 Å². The zero-order valence-electron chi connectivity index (χ0n) is 12.8. The summed E-state index contributed by atoms with van der Waals surface area (Å²) >= 11 is 0. The Balaban J connectivity index is 1.96. The van der Waals surface area contributed by atoms with E-state index in [0.717, 1.165) is 24.5 Å². The molecule has 2 aromatic rings. The van der Waals surface area contributed by atoms with Crippen LogP contribution in [0.1, 0.15) is 23.7 Å². The van der Waals surface area contributed by atoms with Crippen LogP contribution in [-0.2, 0) is 4.74 Å². The molecule has 1 heterocycles. The number of nitrogens with zero attached hydrogens (tertiary/aromatic N) is 2. The number of hydrogen-bond acceptors (Lipinski definition) is 6. The Morgan fingerprint density at radius 2 is 1.91 bits per heavy atom. The van der Waals surface area contributed by atoms with E-state index >= 15 is 0 Å². The summed E-state index contributed by atoms with van der Waals surface area (Å²) in [5.74, 6) is 1.50. The number of hydrogen-bond donors (Lipinski definition) is 2. The maximum atomic E-state index is 11.2. The number of Topliss-reactive ketones (excluding diaryl/α,β-unsaturated/α-hetero) is 1. The molecule has 0 fully saturated rings. The average Bonchev–Trinajstić information content (AvgIpc) is 2.52. The van der Waals surface area contributed by atoms with Crippen molar-refractivity contribution < 1.29 is 9.53 Å². The minimum atomic E-state index is 0.0520. The first kappa shape index (κ1) is 15.9. The summed E-state index contributed by atoms with van der Waals surface area (Å²) in [6.07, 6.45) is 2.42. The molecule has 0 saturated carbocycles. The molecule has 1 aromatic carbocycles. The van der Waals surface area contributed by atoms with Crippen LogP contribution in [0.2, 0.25) is 0 Å². The van der Waals surface area contributed by atoms with Crippen molar-refractivity contribution in [2.24, 2.45) is 0 Å². The number of nitrogens with one attached hydrogen (secondary N) is 2. The molecular formula is C16H20N4O2. The molecular weight excluding hydrogens is 280 g/mol. The fraction of sp³-hybridized carbons (Fsp3) is 0.312. The predicted molar refractivity (Wildman–Crippen MR) is 86.7 cm³/mol. The molecule has 6 nitrogen and oxygen atoms in total. The largest absolute Gasteiger partial charge is 0.385 e. The zero-order valence-corrected chi connectivity index (χ0v) is 12.8. The molecule has 0 unspecified atom stereocenters. The van der Waals surface area contributed by atoms with Gasteiger partial charge in [-0.15, -0.1) is 0 Å². The van der Waals surface area contributed by atoms with E-state index in [4.69, 9.17) is 4.74 Å². The summed E-state index contributed by atoms with van der Waals surface area (Å²) in [6.45, 7) is 3.05. The van der Waals surface area contributed by atoms with E-state index in [0.29, 0.717) is 18.0 Å². The van der Waals surface area contributed by atoms with E-state index in [1.54, 1.807) is 26.2 Å². The second-order valence-corrected chi connectivity index (χ2v) is 4.82. The highest BCUT2D eigenvalue weighted by Gasteiger charge is 2.01. The van der Waals surface area contributed by atoms with Gasteiger partial charge in [0.2, 0.25) is 0 Å². The van der Waals surface area contributed by atoms with Gasteiger partial charge in [0.15, 0.2) is 5.78 Å². The highest BCUT2D eigenvalue weighted by Crippen LogP contribution is 2.17. The van der Waals surface area contributed by atoms with E-state index in [1.807, 2.05) is 18.2 Å². The molecule has 2 N–H and O–H groups in total. The van der Waals surface area contributed by atoms with Gasteiger partial charge >= 0.3 is 0 Å². The molecule has 0 aliphatic heterocycles. The molecule has 0 saturated heterocycles. The second kappa shape index (κ2) is 8.09. The SMILES string of the molecule is COCCCNc1cc(Nc2ccc(C(C)=O)cc2)ncn1. The summed E-state index contributed by atoms with van der Waals surface area (Å²) < 4.78 is 5.00. The first-order valence-electron chi connectivity index (χ1n) is 7.12. The third-order valence-electron chi connectivity index (χ3n) is 3.06. The lowest BCUT2D eigenvalue weighted by atomic mass is 10.1. The van der Waals surface area contributed by atoms with Crippen LogP contribution >= 0.6 is 0 Å². The molecule has 6 heteroatoms. The van der Waals surface area contributed by atoms with Gasteiger partial charge in [-0.25, -0.2) is 9.97 Å². The van der Waals surface area contributed by atoms with Crippen LogP contribution in [-0.4, -0.2) is 36.0 Å². The first-order chi connectivity index (χ1) is 10.7. The highest BCUT2D eigenvalue weighted by atomic mass is 16.5. The first-order valence-corrected chi connectivity index (χ1v) is 7.12. The van der Waals surface area contributed by atoms with Crippen LogP contribution < -0.4 is 10.6 Å². The van der Waals surface area contributed by atoms with Gasteiger partial charge in [-0.1, -0.05) is 0 Å². The number of rotatable bonds is 8. The van der Waals surface area contributed by atoms with Crippen LogP contribution in [0.25, 0.3) is 0 Å². The fourth-order valence-corrected chi connectivity index (χ4v) is 1.89. The van der Waals surface area contributed by atoms with Crippen molar-refractivity contribution in [2.45, 2.75) is 13.3 Å². The smallest absolute Gasteiger partial charge is 0.159 e. The Morgan fingerprint density at radius 3 is 2.59 bits per heavy atom. The van der Waals surface area contributed by atoms with Gasteiger partial charge in [0.05, 0.1) is 0 Å². The molecule has 0 spiro atoms. The Morgan fingerprint density at radius 1 is 1.18 bits per heavy atom. The molecule has 2 rings (SSSR count). The quantitative estimate of drug-likeness (QED) is 0.576. The van der Waals surface area contributed by atoms with E-state index in [2.05, 4.69) is 20.6 Å². The normalized spacial score (nSPS) is 10.3. The number of carbonyl (C=O) groups is 1. The molecule has 0 bridgehead atoms. The van der Waals surface area contributed by atoms with Crippen molar-refractivity contribution in [2.75, 3.05) is 30.9 Å². The Labute approximate surface area is 129 Å². The van der Waals surface area contributed by atoms with Crippen molar-refractivity contribution in [3.63, 3.8) is 0 Å². The highest BCUT2D eigenvalue weighted by molar-refractivity contribution is 5.94. The number of ketones is 1. The van der Waals surface area contributed by atoms with Gasteiger partial charge in [-0.05, 0) is 37.6 Å². The lowest BCUT2D eigenvalue weighted by Gasteiger charge is -2.09. The van der Waals surface area contributed by atoms with Crippen molar-refractivity contribution in [1.29, 1.82) is 0 Å². The number of ether oxygens (including phenoxy) is 1. The monoisotopic (exact) mass is 300 g/mol. The standard InChI is InChI=1S/C16H20N4O2/c1-12(21)13-4-6-14(7-5-13)20-16-10-15(18-11-19-16)17-8-3-9-22-2/h4-7,10-11H,3,8-9H2,1-2H3,(H2,17,18,19,20). The van der Waals surface area contributed by atoms with E-state index < -0.39 is 0 Å². The van der Waals surface area contributed by atoms with Crippen molar-refractivity contribution in [3.8, 4) is 0 Å². The summed E-state index contributed by atoms with van der Waals surface area (Å²) in [5.41, 5.74) is 1.56. The number of carbonyl (C=O) groups excluding carboxylic acids is 1. The molecule has 0 radical (unpaired) electrons. The van der Waals surface area contributed by atoms with Crippen molar-refractivity contribution in [3.05, 3.63) is 42.2 Å². The topological polar surface area (TPSA) is 76.1 Å². The lowest BCUT2D eigenvalue weighted by molar-refractivity contribution is 0.101. The molecule has 22 heavy (non-hydrogen) atoms. The number of methoxy groups -OCH3 is 1. The molecule has 0 aliphatic carbocycles. The minimum absolute atomic E-state index is 0.0520. The molecule has 0 atom stereocenters. The minimum Gasteiger partial charge on any atom is -0.385 e. The third kappa shape index (κ3) is 4.82. The fourth-order valence-electron chi connectivity index (χ4n) is 1.89. The summed E-state index contributed by atoms with van der Waals surface area (Å²) in [6, 6.07) is 9.12. The molecule has 1 aromatic heterocycles. The van der Waals surface area contributed by atoms with Gasteiger partial charge in [0, 0.05) is 37.6 Å². The zero-order chi connectivity index (χ0) is 15.8. The Hall–Kier alpha value is -2.47. The van der Waals surface area contributed by atoms with Crippen LogP contribution in [0.4, 0.5) is 17.3 Å². The molecule has 0 amide bonds. The van der Waals surface area contributed by atoms with Crippen LogP contribution in [0.3, 0.4) is 0 Å². The third-order valence-corrected chi connectivity index (χ3v) is 3.06. The van der Waals surface area contributed by atoms with Crippen molar-refractivity contribution in [1.82, 2.24) is 9.97 Å². The number of anilines is 3. The Bertz CT molecular complexity index is 614. The lowest BCUT2D eigenvalue weighted by Crippen LogP contribution is -2.06. The van der Waals surface area contributed by atoms with E-state index in [-0.39, 0.29) is 5.78 Å². The summed E-state index contributed by atoms with van der Waals surface area (Å²) in [4.78, 5) is 19.6. The predicted octanol–water partition coefficient (Wildman–Crippen LogP) is 2.87. The van der Waals surface area contributed by atoms with Crippen LogP contribution in [0.15, 0.2) is 36.7 Å².